The lowest BCUT2D eigenvalue weighted by Crippen LogP contribution is -2.04. The Bertz CT molecular complexity index is 574. The second-order valence-electron chi connectivity index (χ2n) is 4.46. The number of nitrogens with zero attached hydrogens (tertiary/aromatic N) is 1. The summed E-state index contributed by atoms with van der Waals surface area (Å²) in [6.07, 6.45) is 0. The van der Waals surface area contributed by atoms with Gasteiger partial charge in [0.05, 0.1) is 18.5 Å². The number of methoxy groups -OCH3 is 1. The third-order valence-electron chi connectivity index (χ3n) is 3.11. The van der Waals surface area contributed by atoms with E-state index in [0.717, 1.165) is 38.5 Å². The minimum Gasteiger partial charge on any atom is -0.495 e. The number of aromatic nitrogens is 1. The Hall–Kier alpha value is -1.49. The van der Waals surface area contributed by atoms with Crippen LogP contribution < -0.4 is 10.1 Å². The molecule has 1 N–H and O–H groups in total. The van der Waals surface area contributed by atoms with Crippen LogP contribution in [0.5, 0.6) is 5.75 Å². The molecule has 0 unspecified atom stereocenters. The number of hydrogen-bond acceptors (Lipinski definition) is 4. The van der Waals surface area contributed by atoms with Gasteiger partial charge in [0.1, 0.15) is 11.5 Å². The average molecular weight is 325 g/mol. The maximum atomic E-state index is 5.41. The highest BCUT2D eigenvalue weighted by molar-refractivity contribution is 9.10. The third kappa shape index (κ3) is 2.92. The predicted octanol–water partition coefficient (Wildman–Crippen LogP) is 3.98. The fourth-order valence-electron chi connectivity index (χ4n) is 2.03. The van der Waals surface area contributed by atoms with Gasteiger partial charge in [-0.25, -0.2) is 0 Å². The molecule has 0 aliphatic rings. The summed E-state index contributed by atoms with van der Waals surface area (Å²) in [5.74, 6) is 1.66. The van der Waals surface area contributed by atoms with Gasteiger partial charge in [-0.3, -0.25) is 0 Å². The standard InChI is InChI=1S/C14H17BrN2O2/c1-8-5-11(15)6-13(18-4)14(8)16-7-12-9(2)17-19-10(12)3/h5-6,16H,7H2,1-4H3. The quantitative estimate of drug-likeness (QED) is 0.923. The molecule has 1 aromatic heterocycles. The van der Waals surface area contributed by atoms with Gasteiger partial charge >= 0.3 is 0 Å². The third-order valence-corrected chi connectivity index (χ3v) is 3.57. The largest absolute Gasteiger partial charge is 0.495 e. The van der Waals surface area contributed by atoms with Gasteiger partial charge < -0.3 is 14.6 Å². The van der Waals surface area contributed by atoms with Gasteiger partial charge in [-0.05, 0) is 38.5 Å². The average Bonchev–Trinajstić information content (AvgIpc) is 2.67. The molecule has 0 spiro atoms. The lowest BCUT2D eigenvalue weighted by molar-refractivity contribution is 0.392. The van der Waals surface area contributed by atoms with Crippen molar-refractivity contribution >= 4 is 21.6 Å². The van der Waals surface area contributed by atoms with Crippen molar-refractivity contribution in [1.29, 1.82) is 0 Å². The van der Waals surface area contributed by atoms with Gasteiger partial charge in [-0.2, -0.15) is 0 Å². The number of halogens is 1. The van der Waals surface area contributed by atoms with Crippen LogP contribution in [-0.4, -0.2) is 12.3 Å². The Morgan fingerprint density at radius 3 is 2.63 bits per heavy atom. The molecule has 0 radical (unpaired) electrons. The molecule has 4 nitrogen and oxygen atoms in total. The van der Waals surface area contributed by atoms with Crippen molar-refractivity contribution in [2.24, 2.45) is 0 Å². The molecule has 0 amide bonds. The molecule has 19 heavy (non-hydrogen) atoms. The monoisotopic (exact) mass is 324 g/mol. The minimum atomic E-state index is 0.667. The van der Waals surface area contributed by atoms with Crippen LogP contribution in [0, 0.1) is 20.8 Å². The van der Waals surface area contributed by atoms with Crippen molar-refractivity contribution < 1.29 is 9.26 Å². The van der Waals surface area contributed by atoms with Gasteiger partial charge in [0, 0.05) is 16.6 Å². The van der Waals surface area contributed by atoms with E-state index in [1.807, 2.05) is 26.8 Å². The van der Waals surface area contributed by atoms with Crippen molar-refractivity contribution in [2.45, 2.75) is 27.3 Å². The predicted molar refractivity (Wildman–Crippen MR) is 78.7 cm³/mol. The highest BCUT2D eigenvalue weighted by Gasteiger charge is 2.12. The van der Waals surface area contributed by atoms with E-state index in [1.165, 1.54) is 0 Å². The molecule has 2 rings (SSSR count). The van der Waals surface area contributed by atoms with E-state index < -0.39 is 0 Å². The molecule has 5 heteroatoms. The summed E-state index contributed by atoms with van der Waals surface area (Å²) in [5.41, 5.74) is 4.12. The summed E-state index contributed by atoms with van der Waals surface area (Å²) in [5, 5.41) is 7.35. The molecule has 0 bridgehead atoms. The Balaban J connectivity index is 2.25. The fourth-order valence-corrected chi connectivity index (χ4v) is 2.58. The van der Waals surface area contributed by atoms with Gasteiger partial charge in [0.2, 0.25) is 0 Å². The molecular formula is C14H17BrN2O2. The van der Waals surface area contributed by atoms with E-state index in [4.69, 9.17) is 9.26 Å². The van der Waals surface area contributed by atoms with Crippen molar-refractivity contribution in [3.8, 4) is 5.75 Å². The molecule has 1 aromatic carbocycles. The highest BCUT2D eigenvalue weighted by Crippen LogP contribution is 2.32. The summed E-state index contributed by atoms with van der Waals surface area (Å²) in [7, 11) is 1.67. The van der Waals surface area contributed by atoms with Crippen molar-refractivity contribution in [3.63, 3.8) is 0 Å². The molecule has 0 atom stereocenters. The van der Waals surface area contributed by atoms with Gasteiger partial charge in [0.15, 0.2) is 0 Å². The van der Waals surface area contributed by atoms with E-state index >= 15 is 0 Å². The van der Waals surface area contributed by atoms with Gasteiger partial charge in [-0.1, -0.05) is 21.1 Å². The summed E-state index contributed by atoms with van der Waals surface area (Å²) in [6, 6.07) is 4.00. The van der Waals surface area contributed by atoms with Gasteiger partial charge in [0.25, 0.3) is 0 Å². The molecule has 0 saturated heterocycles. The summed E-state index contributed by atoms with van der Waals surface area (Å²) < 4.78 is 11.6. The molecule has 0 aliphatic carbocycles. The lowest BCUT2D eigenvalue weighted by atomic mass is 10.1. The highest BCUT2D eigenvalue weighted by atomic mass is 79.9. The lowest BCUT2D eigenvalue weighted by Gasteiger charge is -2.14. The zero-order chi connectivity index (χ0) is 14.0. The zero-order valence-corrected chi connectivity index (χ0v) is 13.1. The topological polar surface area (TPSA) is 47.3 Å². The first kappa shape index (κ1) is 13.9. The second-order valence-corrected chi connectivity index (χ2v) is 5.37. The number of rotatable bonds is 4. The van der Waals surface area contributed by atoms with Crippen LogP contribution in [0.25, 0.3) is 0 Å². The van der Waals surface area contributed by atoms with Crippen molar-refractivity contribution in [1.82, 2.24) is 5.16 Å². The molecule has 1 heterocycles. The van der Waals surface area contributed by atoms with Crippen LogP contribution >= 0.6 is 15.9 Å². The van der Waals surface area contributed by atoms with Crippen LogP contribution in [-0.2, 0) is 6.54 Å². The van der Waals surface area contributed by atoms with Crippen LogP contribution in [0.3, 0.4) is 0 Å². The normalized spacial score (nSPS) is 10.6. The summed E-state index contributed by atoms with van der Waals surface area (Å²) in [4.78, 5) is 0. The van der Waals surface area contributed by atoms with Crippen LogP contribution in [0.15, 0.2) is 21.1 Å². The first-order valence-electron chi connectivity index (χ1n) is 6.02. The number of hydrogen-bond donors (Lipinski definition) is 1. The van der Waals surface area contributed by atoms with Crippen LogP contribution in [0.2, 0.25) is 0 Å². The Morgan fingerprint density at radius 1 is 1.32 bits per heavy atom. The molecule has 102 valence electrons. The molecule has 0 saturated carbocycles. The van der Waals surface area contributed by atoms with Crippen LogP contribution in [0.4, 0.5) is 5.69 Å². The van der Waals surface area contributed by atoms with E-state index in [-0.39, 0.29) is 0 Å². The maximum Gasteiger partial charge on any atom is 0.143 e. The number of anilines is 1. The van der Waals surface area contributed by atoms with Crippen molar-refractivity contribution in [3.05, 3.63) is 39.2 Å². The summed E-state index contributed by atoms with van der Waals surface area (Å²) in [6.45, 7) is 6.57. The SMILES string of the molecule is COc1cc(Br)cc(C)c1NCc1c(C)noc1C. The number of ether oxygens (including phenoxy) is 1. The zero-order valence-electron chi connectivity index (χ0n) is 11.5. The van der Waals surface area contributed by atoms with Crippen LogP contribution in [0.1, 0.15) is 22.6 Å². The maximum absolute atomic E-state index is 5.41. The molecule has 2 aromatic rings. The first-order chi connectivity index (χ1) is 9.02. The molecule has 0 fully saturated rings. The smallest absolute Gasteiger partial charge is 0.143 e. The first-order valence-corrected chi connectivity index (χ1v) is 6.82. The number of nitrogens with one attached hydrogen (secondary N) is 1. The van der Waals surface area contributed by atoms with Gasteiger partial charge in [-0.15, -0.1) is 0 Å². The summed E-state index contributed by atoms with van der Waals surface area (Å²) >= 11 is 3.47. The van der Waals surface area contributed by atoms with E-state index in [9.17, 15) is 0 Å². The molecular weight excluding hydrogens is 308 g/mol. The number of aryl methyl sites for hydroxylation is 3. The molecule has 0 aliphatic heterocycles. The Morgan fingerprint density at radius 2 is 2.05 bits per heavy atom. The second kappa shape index (κ2) is 5.65. The Labute approximate surface area is 121 Å². The van der Waals surface area contributed by atoms with E-state index in [1.54, 1.807) is 7.11 Å². The fraction of sp³-hybridized carbons (Fsp3) is 0.357. The van der Waals surface area contributed by atoms with E-state index in [0.29, 0.717) is 6.54 Å². The van der Waals surface area contributed by atoms with Crippen molar-refractivity contribution in [2.75, 3.05) is 12.4 Å². The number of benzene rings is 1. The Kier molecular flexibility index (Phi) is 4.14. The minimum absolute atomic E-state index is 0.667. The van der Waals surface area contributed by atoms with E-state index in [2.05, 4.69) is 32.5 Å².